The highest BCUT2D eigenvalue weighted by atomic mass is 16.5. The van der Waals surface area contributed by atoms with E-state index < -0.39 is 0 Å². The van der Waals surface area contributed by atoms with E-state index in [2.05, 4.69) is 12.0 Å². The first-order valence-corrected chi connectivity index (χ1v) is 11.7. The predicted octanol–water partition coefficient (Wildman–Crippen LogP) is 6.63. The fourth-order valence-electron chi connectivity index (χ4n) is 3.66. The molecule has 32 heavy (non-hydrogen) atoms. The molecule has 0 fully saturated rings. The van der Waals surface area contributed by atoms with Crippen LogP contribution in [0.2, 0.25) is 0 Å². The molecule has 0 saturated carbocycles. The van der Waals surface area contributed by atoms with Gasteiger partial charge < -0.3 is 9.47 Å². The number of hydrogen-bond donors (Lipinski definition) is 0. The number of anilines is 1. The highest BCUT2D eigenvalue weighted by molar-refractivity contribution is 6.32. The largest absolute Gasteiger partial charge is 0.490 e. The Kier molecular flexibility index (Phi) is 8.90. The molecule has 5 nitrogen and oxygen atoms in total. The average Bonchev–Trinajstić information content (AvgIpc) is 3.09. The Labute approximate surface area is 191 Å². The lowest BCUT2D eigenvalue weighted by molar-refractivity contribution is -0.114. The van der Waals surface area contributed by atoms with Gasteiger partial charge in [-0.3, -0.25) is 4.79 Å². The molecule has 0 N–H and O–H groups in total. The molecule has 0 atom stereocenters. The Hall–Kier alpha value is -3.08. The van der Waals surface area contributed by atoms with Crippen molar-refractivity contribution in [3.8, 4) is 11.5 Å². The van der Waals surface area contributed by atoms with Gasteiger partial charge in [0.05, 0.1) is 30.2 Å². The second-order valence-corrected chi connectivity index (χ2v) is 7.95. The van der Waals surface area contributed by atoms with Gasteiger partial charge in [0.2, 0.25) is 0 Å². The lowest BCUT2D eigenvalue weighted by Gasteiger charge is -2.13. The minimum atomic E-state index is -0.130. The summed E-state index contributed by atoms with van der Waals surface area (Å²) < 4.78 is 11.8. The number of carbonyl (C=O) groups excluding carboxylic acids is 1. The maximum atomic E-state index is 13.0. The van der Waals surface area contributed by atoms with Gasteiger partial charge in [0, 0.05) is 0 Å². The van der Waals surface area contributed by atoms with Crippen molar-refractivity contribution >= 4 is 23.4 Å². The molecule has 0 spiro atoms. The second-order valence-electron chi connectivity index (χ2n) is 7.95. The minimum Gasteiger partial charge on any atom is -0.490 e. The highest BCUT2D eigenvalue weighted by Crippen LogP contribution is 2.31. The van der Waals surface area contributed by atoms with E-state index in [1.54, 1.807) is 0 Å². The zero-order valence-corrected chi connectivity index (χ0v) is 19.5. The summed E-state index contributed by atoms with van der Waals surface area (Å²) >= 11 is 0. The predicted molar refractivity (Wildman–Crippen MR) is 131 cm³/mol. The van der Waals surface area contributed by atoms with Crippen LogP contribution in [0.5, 0.6) is 11.5 Å². The van der Waals surface area contributed by atoms with Crippen LogP contribution in [0.15, 0.2) is 59.2 Å². The number of amides is 1. The maximum Gasteiger partial charge on any atom is 0.280 e. The van der Waals surface area contributed by atoms with Gasteiger partial charge in [0.1, 0.15) is 0 Å². The smallest absolute Gasteiger partial charge is 0.280 e. The molecule has 2 aromatic carbocycles. The maximum absolute atomic E-state index is 13.0. The van der Waals surface area contributed by atoms with Gasteiger partial charge in [-0.1, -0.05) is 63.3 Å². The first kappa shape index (κ1) is 23.6. The quantitative estimate of drug-likeness (QED) is 0.278. The third kappa shape index (κ3) is 6.22. The SMILES string of the molecule is CCCCCCCCOc1ccc(C=C2C(=O)N(c3ccccc3)N=C2C)cc1OCC. The summed E-state index contributed by atoms with van der Waals surface area (Å²) in [7, 11) is 0. The van der Waals surface area contributed by atoms with Gasteiger partial charge in [0.15, 0.2) is 11.5 Å². The fourth-order valence-corrected chi connectivity index (χ4v) is 3.66. The van der Waals surface area contributed by atoms with E-state index in [0.717, 1.165) is 23.4 Å². The van der Waals surface area contributed by atoms with E-state index in [4.69, 9.17) is 9.47 Å². The van der Waals surface area contributed by atoms with E-state index in [-0.39, 0.29) is 5.91 Å². The molecule has 0 aliphatic carbocycles. The van der Waals surface area contributed by atoms with Gasteiger partial charge in [-0.2, -0.15) is 10.1 Å². The Bertz CT molecular complexity index is 951. The van der Waals surface area contributed by atoms with Crippen molar-refractivity contribution in [1.82, 2.24) is 0 Å². The van der Waals surface area contributed by atoms with E-state index in [0.29, 0.717) is 30.2 Å². The molecular formula is C27H34N2O3. The molecule has 0 aromatic heterocycles. The number of carbonyl (C=O) groups is 1. The molecule has 0 radical (unpaired) electrons. The van der Waals surface area contributed by atoms with Crippen molar-refractivity contribution in [3.05, 3.63) is 59.7 Å². The van der Waals surface area contributed by atoms with E-state index in [1.165, 1.54) is 37.1 Å². The molecule has 0 unspecified atom stereocenters. The summed E-state index contributed by atoms with van der Waals surface area (Å²) in [5.41, 5.74) is 2.92. The molecule has 2 aromatic rings. The van der Waals surface area contributed by atoms with E-state index >= 15 is 0 Å². The van der Waals surface area contributed by atoms with Gasteiger partial charge in [-0.15, -0.1) is 0 Å². The van der Waals surface area contributed by atoms with Crippen LogP contribution in [0.3, 0.4) is 0 Å². The third-order valence-electron chi connectivity index (χ3n) is 5.40. The molecule has 1 aliphatic heterocycles. The van der Waals surface area contributed by atoms with Crippen LogP contribution in [0, 0.1) is 0 Å². The van der Waals surface area contributed by atoms with Crippen molar-refractivity contribution < 1.29 is 14.3 Å². The van der Waals surface area contributed by atoms with Crippen LogP contribution in [-0.2, 0) is 4.79 Å². The van der Waals surface area contributed by atoms with Crippen LogP contribution in [0.1, 0.15) is 64.9 Å². The standard InChI is InChI=1S/C27H34N2O3/c1-4-6-7-8-9-13-18-32-25-17-16-22(20-26(25)31-5-2)19-24-21(3)28-29(27(24)30)23-14-11-10-12-15-23/h10-12,14-17,19-20H,4-9,13,18H2,1-3H3. The summed E-state index contributed by atoms with van der Waals surface area (Å²) in [5.74, 6) is 1.32. The van der Waals surface area contributed by atoms with Gasteiger partial charge in [-0.05, 0) is 56.2 Å². The first-order chi connectivity index (χ1) is 15.6. The number of benzene rings is 2. The van der Waals surface area contributed by atoms with Crippen LogP contribution >= 0.6 is 0 Å². The summed E-state index contributed by atoms with van der Waals surface area (Å²) in [4.78, 5) is 13.0. The Morgan fingerprint density at radius 1 is 0.906 bits per heavy atom. The Morgan fingerprint density at radius 2 is 1.66 bits per heavy atom. The van der Waals surface area contributed by atoms with Crippen LogP contribution in [-0.4, -0.2) is 24.8 Å². The molecule has 170 valence electrons. The zero-order chi connectivity index (χ0) is 22.8. The summed E-state index contributed by atoms with van der Waals surface area (Å²) in [5, 5.41) is 5.89. The van der Waals surface area contributed by atoms with Crippen molar-refractivity contribution in [1.29, 1.82) is 0 Å². The highest BCUT2D eigenvalue weighted by Gasteiger charge is 2.28. The van der Waals surface area contributed by atoms with Gasteiger partial charge >= 0.3 is 0 Å². The second kappa shape index (κ2) is 12.1. The zero-order valence-electron chi connectivity index (χ0n) is 19.5. The Balaban J connectivity index is 1.68. The number of hydrogen-bond acceptors (Lipinski definition) is 4. The molecule has 5 heteroatoms. The normalized spacial score (nSPS) is 14.7. The van der Waals surface area contributed by atoms with Crippen molar-refractivity contribution in [2.75, 3.05) is 18.2 Å². The lowest BCUT2D eigenvalue weighted by atomic mass is 10.1. The van der Waals surface area contributed by atoms with E-state index in [1.807, 2.05) is 68.5 Å². The molecule has 0 bridgehead atoms. The van der Waals surface area contributed by atoms with Crippen molar-refractivity contribution in [3.63, 3.8) is 0 Å². The van der Waals surface area contributed by atoms with Crippen molar-refractivity contribution in [2.45, 2.75) is 59.3 Å². The topological polar surface area (TPSA) is 51.1 Å². The average molecular weight is 435 g/mol. The molecule has 1 heterocycles. The number of hydrazone groups is 1. The van der Waals surface area contributed by atoms with Crippen LogP contribution < -0.4 is 14.5 Å². The number of ether oxygens (including phenoxy) is 2. The molecule has 1 amide bonds. The van der Waals surface area contributed by atoms with Gasteiger partial charge in [-0.25, -0.2) is 0 Å². The number of unbranched alkanes of at least 4 members (excludes halogenated alkanes) is 5. The monoisotopic (exact) mass is 434 g/mol. The van der Waals surface area contributed by atoms with Crippen LogP contribution in [0.25, 0.3) is 6.08 Å². The summed E-state index contributed by atoms with van der Waals surface area (Å²) in [6.45, 7) is 7.28. The number of rotatable bonds is 12. The minimum absolute atomic E-state index is 0.130. The summed E-state index contributed by atoms with van der Waals surface area (Å²) in [6.07, 6.45) is 9.22. The van der Waals surface area contributed by atoms with Gasteiger partial charge in [0.25, 0.3) is 5.91 Å². The number of nitrogens with zero attached hydrogens (tertiary/aromatic N) is 2. The fraction of sp³-hybridized carbons (Fsp3) is 0.407. The molecule has 3 rings (SSSR count). The summed E-state index contributed by atoms with van der Waals surface area (Å²) in [6, 6.07) is 15.3. The molecular weight excluding hydrogens is 400 g/mol. The van der Waals surface area contributed by atoms with Crippen LogP contribution in [0.4, 0.5) is 5.69 Å². The lowest BCUT2D eigenvalue weighted by Crippen LogP contribution is -2.21. The van der Waals surface area contributed by atoms with Crippen molar-refractivity contribution in [2.24, 2.45) is 5.10 Å². The first-order valence-electron chi connectivity index (χ1n) is 11.7. The number of para-hydroxylation sites is 1. The third-order valence-corrected chi connectivity index (χ3v) is 5.40. The van der Waals surface area contributed by atoms with E-state index in [9.17, 15) is 4.79 Å². The molecule has 1 aliphatic rings. The Morgan fingerprint density at radius 3 is 2.41 bits per heavy atom. The molecule has 0 saturated heterocycles.